The van der Waals surface area contributed by atoms with E-state index in [1.54, 1.807) is 33.9 Å². The first-order valence-corrected chi connectivity index (χ1v) is 8.14. The zero-order valence-electron chi connectivity index (χ0n) is 14.9. The molecule has 0 saturated heterocycles. The van der Waals surface area contributed by atoms with Gasteiger partial charge < -0.3 is 15.0 Å². The minimum Gasteiger partial charge on any atom is -0.443 e. The first-order valence-electron chi connectivity index (χ1n) is 8.14. The first kappa shape index (κ1) is 18.9. The van der Waals surface area contributed by atoms with E-state index < -0.39 is 30.4 Å². The van der Waals surface area contributed by atoms with Crippen molar-refractivity contribution in [2.24, 2.45) is 0 Å². The summed E-state index contributed by atoms with van der Waals surface area (Å²) in [5.74, 6) is 0.318. The van der Waals surface area contributed by atoms with E-state index in [1.807, 2.05) is 0 Å². The molecule has 3 amide bonds. The zero-order chi connectivity index (χ0) is 18.6. The van der Waals surface area contributed by atoms with Crippen LogP contribution in [0.15, 0.2) is 6.20 Å². The molecule has 1 aliphatic rings. The lowest BCUT2D eigenvalue weighted by Gasteiger charge is -2.28. The third-order valence-electron chi connectivity index (χ3n) is 3.45. The Morgan fingerprint density at radius 3 is 2.80 bits per heavy atom. The molecule has 0 saturated carbocycles. The number of anilines is 1. The van der Waals surface area contributed by atoms with Crippen LogP contribution in [-0.2, 0) is 17.7 Å². The predicted molar refractivity (Wildman–Crippen MR) is 90.0 cm³/mol. The summed E-state index contributed by atoms with van der Waals surface area (Å²) in [5.41, 5.74) is 0.925. The fourth-order valence-corrected chi connectivity index (χ4v) is 2.27. The molecule has 0 aromatic carbocycles. The fourth-order valence-electron chi connectivity index (χ4n) is 2.27. The van der Waals surface area contributed by atoms with E-state index in [0.717, 1.165) is 5.56 Å². The van der Waals surface area contributed by atoms with Crippen LogP contribution >= 0.6 is 0 Å². The van der Waals surface area contributed by atoms with Gasteiger partial charge in [-0.15, -0.1) is 0 Å². The van der Waals surface area contributed by atoms with Crippen molar-refractivity contribution in [3.05, 3.63) is 17.5 Å². The normalized spacial score (nSPS) is 15.2. The third kappa shape index (κ3) is 5.54. The number of nitrogens with zero attached hydrogens (tertiary/aromatic N) is 3. The lowest BCUT2D eigenvalue weighted by atomic mass is 10.1. The largest absolute Gasteiger partial charge is 0.443 e. The summed E-state index contributed by atoms with van der Waals surface area (Å²) in [6, 6.07) is -0.932. The van der Waals surface area contributed by atoms with Gasteiger partial charge in [0.1, 0.15) is 12.3 Å². The predicted octanol–water partition coefficient (Wildman–Crippen LogP) is 2.25. The minimum absolute atomic E-state index is 0.241. The Morgan fingerprint density at radius 1 is 1.44 bits per heavy atom. The smallest absolute Gasteiger partial charge is 0.415 e. The molecule has 138 valence electrons. The van der Waals surface area contributed by atoms with Crippen LogP contribution in [-0.4, -0.2) is 51.9 Å². The van der Waals surface area contributed by atoms with Crippen LogP contribution in [0.4, 0.5) is 19.9 Å². The molecule has 8 nitrogen and oxygen atoms in total. The van der Waals surface area contributed by atoms with E-state index in [1.165, 1.54) is 4.90 Å². The summed E-state index contributed by atoms with van der Waals surface area (Å²) in [6.45, 7) is 6.99. The van der Waals surface area contributed by atoms with E-state index in [4.69, 9.17) is 4.74 Å². The van der Waals surface area contributed by atoms with Crippen molar-refractivity contribution in [1.29, 1.82) is 0 Å². The average Bonchev–Trinajstić information content (AvgIpc) is 2.52. The second-order valence-corrected chi connectivity index (χ2v) is 6.97. The number of hydrogen-bond donors (Lipinski definition) is 2. The Balaban J connectivity index is 2.00. The number of hydrogen-bond acceptors (Lipinski definition) is 6. The van der Waals surface area contributed by atoms with Gasteiger partial charge in [0.2, 0.25) is 5.95 Å². The standard InChI is InChI=1S/C16H24FN5O3/c1-10(7-17)19-13-18-8-11-5-6-22(9-12(11)20-13)14(23)21-15(24)25-16(2,3)4/h8,10H,5-7,9H2,1-4H3,(H,18,19,20)(H,21,23,24). The van der Waals surface area contributed by atoms with Crippen LogP contribution in [0.5, 0.6) is 0 Å². The molecule has 1 atom stereocenters. The van der Waals surface area contributed by atoms with Crippen molar-refractivity contribution in [2.75, 3.05) is 18.5 Å². The molecule has 1 aromatic rings. The fraction of sp³-hybridized carbons (Fsp3) is 0.625. The minimum atomic E-state index is -0.787. The monoisotopic (exact) mass is 353 g/mol. The maximum Gasteiger partial charge on any atom is 0.415 e. The number of imide groups is 1. The zero-order valence-corrected chi connectivity index (χ0v) is 14.9. The Labute approximate surface area is 146 Å². The van der Waals surface area contributed by atoms with Gasteiger partial charge in [-0.05, 0) is 39.7 Å². The molecule has 25 heavy (non-hydrogen) atoms. The van der Waals surface area contributed by atoms with Gasteiger partial charge in [-0.2, -0.15) is 0 Å². The first-order chi connectivity index (χ1) is 11.7. The van der Waals surface area contributed by atoms with Crippen LogP contribution in [0.25, 0.3) is 0 Å². The number of nitrogens with one attached hydrogen (secondary N) is 2. The van der Waals surface area contributed by atoms with Crippen molar-refractivity contribution < 1.29 is 18.7 Å². The van der Waals surface area contributed by atoms with Gasteiger partial charge in [-0.3, -0.25) is 0 Å². The van der Waals surface area contributed by atoms with E-state index >= 15 is 0 Å². The molecular formula is C16H24FN5O3. The molecule has 1 aromatic heterocycles. The lowest BCUT2D eigenvalue weighted by molar-refractivity contribution is 0.0533. The molecule has 2 rings (SSSR count). The molecule has 0 aliphatic carbocycles. The van der Waals surface area contributed by atoms with Gasteiger partial charge in [0, 0.05) is 12.7 Å². The summed E-state index contributed by atoms with van der Waals surface area (Å²) in [4.78, 5) is 33.9. The molecular weight excluding hydrogens is 329 g/mol. The molecule has 0 radical (unpaired) electrons. The quantitative estimate of drug-likeness (QED) is 0.865. The summed E-state index contributed by atoms with van der Waals surface area (Å²) in [5, 5.41) is 5.06. The number of urea groups is 1. The Bertz CT molecular complexity index is 647. The van der Waals surface area contributed by atoms with Crippen LogP contribution in [0, 0.1) is 0 Å². The van der Waals surface area contributed by atoms with Gasteiger partial charge in [-0.25, -0.2) is 29.3 Å². The molecule has 0 spiro atoms. The van der Waals surface area contributed by atoms with Crippen molar-refractivity contribution in [3.8, 4) is 0 Å². The summed E-state index contributed by atoms with van der Waals surface area (Å²) < 4.78 is 17.7. The highest BCUT2D eigenvalue weighted by Crippen LogP contribution is 2.18. The highest BCUT2D eigenvalue weighted by molar-refractivity contribution is 5.90. The van der Waals surface area contributed by atoms with Gasteiger partial charge in [0.15, 0.2) is 0 Å². The van der Waals surface area contributed by atoms with Crippen LogP contribution in [0.2, 0.25) is 0 Å². The highest BCUT2D eigenvalue weighted by atomic mass is 19.1. The molecule has 2 heterocycles. The maximum absolute atomic E-state index is 12.6. The third-order valence-corrected chi connectivity index (χ3v) is 3.45. The summed E-state index contributed by atoms with van der Waals surface area (Å²) >= 11 is 0. The Hall–Kier alpha value is -2.45. The van der Waals surface area contributed by atoms with Crippen molar-refractivity contribution >= 4 is 18.1 Å². The van der Waals surface area contributed by atoms with Gasteiger partial charge in [0.25, 0.3) is 0 Å². The van der Waals surface area contributed by atoms with Crippen LogP contribution in [0.3, 0.4) is 0 Å². The number of rotatable bonds is 3. The number of ether oxygens (including phenoxy) is 1. The number of carbonyl (C=O) groups excluding carboxylic acids is 2. The Kier molecular flexibility index (Phi) is 5.76. The molecule has 9 heteroatoms. The van der Waals surface area contributed by atoms with Crippen molar-refractivity contribution in [1.82, 2.24) is 20.2 Å². The number of alkyl carbamates (subject to hydrolysis) is 1. The van der Waals surface area contributed by atoms with E-state index in [-0.39, 0.29) is 6.54 Å². The van der Waals surface area contributed by atoms with Crippen LogP contribution in [0.1, 0.15) is 39.0 Å². The van der Waals surface area contributed by atoms with Gasteiger partial charge in [-0.1, -0.05) is 0 Å². The van der Waals surface area contributed by atoms with E-state index in [0.29, 0.717) is 24.6 Å². The summed E-state index contributed by atoms with van der Waals surface area (Å²) in [6.07, 6.45) is 1.47. The van der Waals surface area contributed by atoms with Crippen molar-refractivity contribution in [2.45, 2.75) is 52.3 Å². The SMILES string of the molecule is CC(CF)Nc1ncc2c(n1)CN(C(=O)NC(=O)OC(C)(C)C)CC2. The van der Waals surface area contributed by atoms with Crippen LogP contribution < -0.4 is 10.6 Å². The molecule has 0 bridgehead atoms. The molecule has 0 fully saturated rings. The lowest BCUT2D eigenvalue weighted by Crippen LogP contribution is -2.46. The van der Waals surface area contributed by atoms with Gasteiger partial charge >= 0.3 is 12.1 Å². The van der Waals surface area contributed by atoms with Gasteiger partial charge in [0.05, 0.1) is 18.3 Å². The number of amides is 3. The summed E-state index contributed by atoms with van der Waals surface area (Å²) in [7, 11) is 0. The second kappa shape index (κ2) is 7.62. The van der Waals surface area contributed by atoms with E-state index in [9.17, 15) is 14.0 Å². The number of aromatic nitrogens is 2. The molecule has 1 aliphatic heterocycles. The Morgan fingerprint density at radius 2 is 2.16 bits per heavy atom. The average molecular weight is 353 g/mol. The van der Waals surface area contributed by atoms with Crippen molar-refractivity contribution in [3.63, 3.8) is 0 Å². The topological polar surface area (TPSA) is 96.5 Å². The number of alkyl halides is 1. The molecule has 1 unspecified atom stereocenters. The second-order valence-electron chi connectivity index (χ2n) is 6.97. The van der Waals surface area contributed by atoms with E-state index in [2.05, 4.69) is 20.6 Å². The number of fused-ring (bicyclic) bond motifs is 1. The number of halogens is 1. The highest BCUT2D eigenvalue weighted by Gasteiger charge is 2.25. The maximum atomic E-state index is 12.6. The number of carbonyl (C=O) groups is 2. The molecule has 2 N–H and O–H groups in total.